The van der Waals surface area contributed by atoms with Crippen molar-refractivity contribution >= 4 is 0 Å². The zero-order valence-corrected chi connectivity index (χ0v) is 7.42. The van der Waals surface area contributed by atoms with Gasteiger partial charge in [0.1, 0.15) is 0 Å². The first-order valence-corrected chi connectivity index (χ1v) is 4.56. The summed E-state index contributed by atoms with van der Waals surface area (Å²) >= 11 is 0. The minimum absolute atomic E-state index is 0.283. The molecule has 0 radical (unpaired) electrons. The summed E-state index contributed by atoms with van der Waals surface area (Å²) in [7, 11) is 0. The van der Waals surface area contributed by atoms with Crippen molar-refractivity contribution in [3.8, 4) is 0 Å². The SMILES string of the molecule is CCC[C@H](CCO)CCCO. The van der Waals surface area contributed by atoms with E-state index in [1.54, 1.807) is 0 Å². The highest BCUT2D eigenvalue weighted by molar-refractivity contribution is 4.57. The summed E-state index contributed by atoms with van der Waals surface area (Å²) in [6.07, 6.45) is 5.19. The van der Waals surface area contributed by atoms with Crippen LogP contribution in [-0.2, 0) is 0 Å². The molecular weight excluding hydrogens is 140 g/mol. The van der Waals surface area contributed by atoms with Crippen LogP contribution >= 0.6 is 0 Å². The first-order chi connectivity index (χ1) is 5.35. The Morgan fingerprint density at radius 2 is 1.73 bits per heavy atom. The van der Waals surface area contributed by atoms with Crippen LogP contribution in [0.25, 0.3) is 0 Å². The monoisotopic (exact) mass is 160 g/mol. The molecule has 0 aliphatic carbocycles. The van der Waals surface area contributed by atoms with Crippen LogP contribution in [0.3, 0.4) is 0 Å². The van der Waals surface area contributed by atoms with E-state index in [0.717, 1.165) is 19.3 Å². The number of rotatable bonds is 7. The molecule has 0 aliphatic heterocycles. The van der Waals surface area contributed by atoms with E-state index in [1.165, 1.54) is 12.8 Å². The number of hydrogen-bond acceptors (Lipinski definition) is 2. The molecule has 0 heterocycles. The second kappa shape index (κ2) is 8.02. The molecule has 0 saturated carbocycles. The van der Waals surface area contributed by atoms with Gasteiger partial charge < -0.3 is 10.2 Å². The highest BCUT2D eigenvalue weighted by atomic mass is 16.3. The topological polar surface area (TPSA) is 40.5 Å². The summed E-state index contributed by atoms with van der Waals surface area (Å²) in [5.74, 6) is 0.622. The average Bonchev–Trinajstić information content (AvgIpc) is 2.01. The van der Waals surface area contributed by atoms with Gasteiger partial charge >= 0.3 is 0 Å². The quantitative estimate of drug-likeness (QED) is 0.593. The van der Waals surface area contributed by atoms with Crippen molar-refractivity contribution in [2.45, 2.75) is 39.0 Å². The van der Waals surface area contributed by atoms with E-state index in [1.807, 2.05) is 0 Å². The lowest BCUT2D eigenvalue weighted by atomic mass is 9.95. The summed E-state index contributed by atoms with van der Waals surface area (Å²) in [5.41, 5.74) is 0. The van der Waals surface area contributed by atoms with E-state index in [-0.39, 0.29) is 13.2 Å². The van der Waals surface area contributed by atoms with Gasteiger partial charge in [0.15, 0.2) is 0 Å². The highest BCUT2D eigenvalue weighted by Crippen LogP contribution is 2.16. The van der Waals surface area contributed by atoms with Crippen LogP contribution in [-0.4, -0.2) is 23.4 Å². The minimum atomic E-state index is 0.283. The first-order valence-electron chi connectivity index (χ1n) is 4.56. The summed E-state index contributed by atoms with van der Waals surface area (Å²) in [4.78, 5) is 0. The van der Waals surface area contributed by atoms with Gasteiger partial charge in [-0.05, 0) is 25.2 Å². The predicted octanol–water partition coefficient (Wildman–Crippen LogP) is 1.56. The van der Waals surface area contributed by atoms with Crippen molar-refractivity contribution < 1.29 is 10.2 Å². The largest absolute Gasteiger partial charge is 0.396 e. The lowest BCUT2D eigenvalue weighted by Crippen LogP contribution is -2.03. The summed E-state index contributed by atoms with van der Waals surface area (Å²) in [5, 5.41) is 17.3. The standard InChI is InChI=1S/C9H20O2/c1-2-4-9(6-8-11)5-3-7-10/h9-11H,2-8H2,1H3/t9-/m0/s1. The van der Waals surface area contributed by atoms with Crippen LogP contribution in [0.15, 0.2) is 0 Å². The summed E-state index contributed by atoms with van der Waals surface area (Å²) < 4.78 is 0. The van der Waals surface area contributed by atoms with Gasteiger partial charge in [0, 0.05) is 13.2 Å². The first kappa shape index (κ1) is 10.9. The molecule has 68 valence electrons. The molecule has 0 amide bonds. The number of hydrogen-bond donors (Lipinski definition) is 2. The van der Waals surface area contributed by atoms with E-state index < -0.39 is 0 Å². The van der Waals surface area contributed by atoms with Gasteiger partial charge in [-0.2, -0.15) is 0 Å². The van der Waals surface area contributed by atoms with Crippen molar-refractivity contribution in [3.05, 3.63) is 0 Å². The van der Waals surface area contributed by atoms with Crippen LogP contribution in [0, 0.1) is 5.92 Å². The Morgan fingerprint density at radius 1 is 1.00 bits per heavy atom. The molecule has 0 aromatic rings. The highest BCUT2D eigenvalue weighted by Gasteiger charge is 2.05. The smallest absolute Gasteiger partial charge is 0.0433 e. The average molecular weight is 160 g/mol. The molecular formula is C9H20O2. The lowest BCUT2D eigenvalue weighted by molar-refractivity contribution is 0.226. The van der Waals surface area contributed by atoms with Gasteiger partial charge in [0.25, 0.3) is 0 Å². The molecule has 2 heteroatoms. The maximum absolute atomic E-state index is 8.70. The van der Waals surface area contributed by atoms with Crippen LogP contribution in [0.5, 0.6) is 0 Å². The van der Waals surface area contributed by atoms with Gasteiger partial charge in [0.05, 0.1) is 0 Å². The molecule has 11 heavy (non-hydrogen) atoms. The van der Waals surface area contributed by atoms with Crippen molar-refractivity contribution in [2.75, 3.05) is 13.2 Å². The summed E-state index contributed by atoms with van der Waals surface area (Å²) in [6, 6.07) is 0. The van der Waals surface area contributed by atoms with Crippen LogP contribution in [0.2, 0.25) is 0 Å². The van der Waals surface area contributed by atoms with Crippen molar-refractivity contribution in [1.82, 2.24) is 0 Å². The molecule has 0 spiro atoms. The van der Waals surface area contributed by atoms with E-state index in [2.05, 4.69) is 6.92 Å². The Balaban J connectivity index is 3.34. The van der Waals surface area contributed by atoms with E-state index in [4.69, 9.17) is 10.2 Å². The normalized spacial score (nSPS) is 13.4. The Labute approximate surface area is 69.2 Å². The molecule has 2 N–H and O–H groups in total. The second-order valence-electron chi connectivity index (χ2n) is 3.03. The van der Waals surface area contributed by atoms with Gasteiger partial charge in [0.2, 0.25) is 0 Å². The Kier molecular flexibility index (Phi) is 7.96. The molecule has 0 fully saturated rings. The molecule has 2 nitrogen and oxygen atoms in total. The summed E-state index contributed by atoms with van der Waals surface area (Å²) in [6.45, 7) is 2.73. The third-order valence-electron chi connectivity index (χ3n) is 2.00. The molecule has 0 saturated heterocycles. The molecule has 0 aromatic carbocycles. The maximum Gasteiger partial charge on any atom is 0.0433 e. The van der Waals surface area contributed by atoms with E-state index >= 15 is 0 Å². The fraction of sp³-hybridized carbons (Fsp3) is 1.00. The lowest BCUT2D eigenvalue weighted by Gasteiger charge is -2.13. The molecule has 0 bridgehead atoms. The van der Waals surface area contributed by atoms with Gasteiger partial charge in [-0.25, -0.2) is 0 Å². The molecule has 0 rings (SSSR count). The van der Waals surface area contributed by atoms with E-state index in [0.29, 0.717) is 5.92 Å². The van der Waals surface area contributed by atoms with E-state index in [9.17, 15) is 0 Å². The van der Waals surface area contributed by atoms with Crippen LogP contribution in [0.1, 0.15) is 39.0 Å². The van der Waals surface area contributed by atoms with Gasteiger partial charge in [-0.15, -0.1) is 0 Å². The maximum atomic E-state index is 8.70. The minimum Gasteiger partial charge on any atom is -0.396 e. The van der Waals surface area contributed by atoms with Gasteiger partial charge in [-0.1, -0.05) is 19.8 Å². The van der Waals surface area contributed by atoms with Crippen LogP contribution < -0.4 is 0 Å². The van der Waals surface area contributed by atoms with Crippen LogP contribution in [0.4, 0.5) is 0 Å². The molecule has 0 aromatic heterocycles. The Morgan fingerprint density at radius 3 is 2.18 bits per heavy atom. The van der Waals surface area contributed by atoms with Crippen molar-refractivity contribution in [3.63, 3.8) is 0 Å². The number of aliphatic hydroxyl groups is 2. The Bertz CT molecular complexity index is 68.0. The van der Waals surface area contributed by atoms with Crippen molar-refractivity contribution in [2.24, 2.45) is 5.92 Å². The Hall–Kier alpha value is -0.0800. The molecule has 0 unspecified atom stereocenters. The predicted molar refractivity (Wildman–Crippen MR) is 46.4 cm³/mol. The molecule has 1 atom stereocenters. The second-order valence-corrected chi connectivity index (χ2v) is 3.03. The fourth-order valence-electron chi connectivity index (χ4n) is 1.40. The van der Waals surface area contributed by atoms with Crippen molar-refractivity contribution in [1.29, 1.82) is 0 Å². The zero-order valence-electron chi connectivity index (χ0n) is 7.42. The number of aliphatic hydroxyl groups excluding tert-OH is 2. The molecule has 0 aliphatic rings. The zero-order chi connectivity index (χ0) is 8.53. The third kappa shape index (κ3) is 6.32. The van der Waals surface area contributed by atoms with Gasteiger partial charge in [-0.3, -0.25) is 0 Å². The third-order valence-corrected chi connectivity index (χ3v) is 2.00. The fourth-order valence-corrected chi connectivity index (χ4v) is 1.40.